The molecule has 80 valence electrons. The molecule has 0 atom stereocenters. The monoisotopic (exact) mass is 207 g/mol. The summed E-state index contributed by atoms with van der Waals surface area (Å²) in [6.45, 7) is 2.18. The normalized spacial score (nSPS) is 12.0. The van der Waals surface area contributed by atoms with Crippen molar-refractivity contribution < 1.29 is 13.2 Å². The summed E-state index contributed by atoms with van der Waals surface area (Å²) in [5.74, 6) is 0. The van der Waals surface area contributed by atoms with Crippen molar-refractivity contribution in [3.8, 4) is 0 Å². The van der Waals surface area contributed by atoms with E-state index in [1.165, 1.54) is 0 Å². The van der Waals surface area contributed by atoms with Crippen LogP contribution in [0, 0.1) is 6.92 Å². The molecule has 0 aliphatic rings. The van der Waals surface area contributed by atoms with Gasteiger partial charge < -0.3 is 5.32 Å². The van der Waals surface area contributed by atoms with E-state index in [1.54, 1.807) is 6.20 Å². The summed E-state index contributed by atoms with van der Waals surface area (Å²) in [5.41, 5.74) is 1.77. The Morgan fingerprint density at radius 2 is 2.21 bits per heavy atom. The second kappa shape index (κ2) is 4.45. The van der Waals surface area contributed by atoms with Crippen molar-refractivity contribution in [1.29, 1.82) is 0 Å². The van der Waals surface area contributed by atoms with Gasteiger partial charge in [-0.15, -0.1) is 0 Å². The van der Waals surface area contributed by atoms with Crippen LogP contribution in [0.5, 0.6) is 0 Å². The fourth-order valence-electron chi connectivity index (χ4n) is 1.01. The average Bonchev–Trinajstić information content (AvgIpc) is 2.44. The Hall–Kier alpha value is -1.04. The van der Waals surface area contributed by atoms with Gasteiger partial charge in [0.1, 0.15) is 0 Å². The zero-order valence-corrected chi connectivity index (χ0v) is 7.78. The van der Waals surface area contributed by atoms with Gasteiger partial charge in [-0.3, -0.25) is 5.10 Å². The number of hydrogen-bond acceptors (Lipinski definition) is 2. The molecule has 0 saturated heterocycles. The Morgan fingerprint density at radius 3 is 2.71 bits per heavy atom. The van der Waals surface area contributed by atoms with Crippen molar-refractivity contribution in [2.24, 2.45) is 0 Å². The predicted octanol–water partition coefficient (Wildman–Crippen LogP) is 1.76. The first kappa shape index (κ1) is 11.0. The minimum atomic E-state index is -4.08. The second-order valence-corrected chi connectivity index (χ2v) is 3.06. The molecule has 1 rings (SSSR count). The number of aryl methyl sites for hydroxylation is 1. The molecular weight excluding hydrogens is 195 g/mol. The zero-order chi connectivity index (χ0) is 10.6. The summed E-state index contributed by atoms with van der Waals surface area (Å²) >= 11 is 0. The summed E-state index contributed by atoms with van der Waals surface area (Å²) < 4.78 is 35.2. The second-order valence-electron chi connectivity index (χ2n) is 3.06. The van der Waals surface area contributed by atoms with Crippen molar-refractivity contribution in [3.63, 3.8) is 0 Å². The lowest BCUT2D eigenvalue weighted by Gasteiger charge is -2.06. The highest BCUT2D eigenvalue weighted by atomic mass is 19.4. The van der Waals surface area contributed by atoms with E-state index in [9.17, 15) is 13.2 Å². The third kappa shape index (κ3) is 3.78. The standard InChI is InChI=1S/C8H12F3N3/c1-6-7(5-13-14-6)4-12-3-2-8(9,10)11/h5,12H,2-4H2,1H3,(H,13,14). The van der Waals surface area contributed by atoms with Gasteiger partial charge in [-0.25, -0.2) is 0 Å². The van der Waals surface area contributed by atoms with Gasteiger partial charge in [0.05, 0.1) is 12.6 Å². The summed E-state index contributed by atoms with van der Waals surface area (Å²) in [6, 6.07) is 0. The van der Waals surface area contributed by atoms with Gasteiger partial charge in [-0.1, -0.05) is 0 Å². The highest BCUT2D eigenvalue weighted by molar-refractivity contribution is 5.13. The maximum atomic E-state index is 11.7. The highest BCUT2D eigenvalue weighted by Crippen LogP contribution is 2.18. The third-order valence-electron chi connectivity index (χ3n) is 1.84. The number of rotatable bonds is 4. The first-order chi connectivity index (χ1) is 6.49. The first-order valence-corrected chi connectivity index (χ1v) is 4.25. The lowest BCUT2D eigenvalue weighted by molar-refractivity contribution is -0.133. The fourth-order valence-corrected chi connectivity index (χ4v) is 1.01. The van der Waals surface area contributed by atoms with E-state index >= 15 is 0 Å². The summed E-state index contributed by atoms with van der Waals surface area (Å²) in [6.07, 6.45) is -3.28. The molecule has 0 amide bonds. The van der Waals surface area contributed by atoms with Crippen molar-refractivity contribution in [3.05, 3.63) is 17.5 Å². The number of H-pyrrole nitrogens is 1. The Bertz CT molecular complexity index is 280. The van der Waals surface area contributed by atoms with E-state index in [0.717, 1.165) is 11.3 Å². The molecule has 14 heavy (non-hydrogen) atoms. The van der Waals surface area contributed by atoms with E-state index < -0.39 is 12.6 Å². The van der Waals surface area contributed by atoms with Crippen LogP contribution in [0.25, 0.3) is 0 Å². The van der Waals surface area contributed by atoms with Crippen LogP contribution in [0.2, 0.25) is 0 Å². The number of nitrogens with zero attached hydrogens (tertiary/aromatic N) is 1. The number of hydrogen-bond donors (Lipinski definition) is 2. The molecule has 0 fully saturated rings. The molecule has 0 aliphatic carbocycles. The molecule has 1 aromatic rings. The molecule has 3 nitrogen and oxygen atoms in total. The van der Waals surface area contributed by atoms with Crippen LogP contribution >= 0.6 is 0 Å². The van der Waals surface area contributed by atoms with E-state index in [4.69, 9.17) is 0 Å². The van der Waals surface area contributed by atoms with Crippen LogP contribution in [0.3, 0.4) is 0 Å². The van der Waals surface area contributed by atoms with Crippen molar-refractivity contribution in [1.82, 2.24) is 15.5 Å². The van der Waals surface area contributed by atoms with Gasteiger partial charge in [0.15, 0.2) is 0 Å². The van der Waals surface area contributed by atoms with Crippen molar-refractivity contribution >= 4 is 0 Å². The van der Waals surface area contributed by atoms with E-state index in [1.807, 2.05) is 6.92 Å². The lowest BCUT2D eigenvalue weighted by atomic mass is 10.2. The van der Waals surface area contributed by atoms with Crippen LogP contribution in [-0.2, 0) is 6.54 Å². The molecular formula is C8H12F3N3. The quantitative estimate of drug-likeness (QED) is 0.738. The van der Waals surface area contributed by atoms with Crippen LogP contribution in [0.15, 0.2) is 6.20 Å². The molecule has 1 heterocycles. The SMILES string of the molecule is Cc1[nH]ncc1CNCCC(F)(F)F. The largest absolute Gasteiger partial charge is 0.390 e. The molecule has 2 N–H and O–H groups in total. The summed E-state index contributed by atoms with van der Waals surface area (Å²) in [4.78, 5) is 0. The van der Waals surface area contributed by atoms with Crippen molar-refractivity contribution in [2.45, 2.75) is 26.1 Å². The summed E-state index contributed by atoms with van der Waals surface area (Å²) in [5, 5.41) is 9.18. The molecule has 0 aliphatic heterocycles. The van der Waals surface area contributed by atoms with Crippen LogP contribution < -0.4 is 5.32 Å². The van der Waals surface area contributed by atoms with Crippen LogP contribution in [0.4, 0.5) is 13.2 Å². The van der Waals surface area contributed by atoms with E-state index in [0.29, 0.717) is 6.54 Å². The minimum Gasteiger partial charge on any atom is -0.312 e. The molecule has 0 aromatic carbocycles. The summed E-state index contributed by atoms with van der Waals surface area (Å²) in [7, 11) is 0. The zero-order valence-electron chi connectivity index (χ0n) is 7.78. The minimum absolute atomic E-state index is 0.0614. The maximum Gasteiger partial charge on any atom is 0.390 e. The lowest BCUT2D eigenvalue weighted by Crippen LogP contribution is -2.21. The van der Waals surface area contributed by atoms with Gasteiger partial charge in [0.25, 0.3) is 0 Å². The molecule has 1 aromatic heterocycles. The number of nitrogens with one attached hydrogen (secondary N) is 2. The van der Waals surface area contributed by atoms with Gasteiger partial charge in [0.2, 0.25) is 0 Å². The van der Waals surface area contributed by atoms with Gasteiger partial charge in [0, 0.05) is 24.3 Å². The van der Waals surface area contributed by atoms with E-state index in [-0.39, 0.29) is 6.54 Å². The van der Waals surface area contributed by atoms with Gasteiger partial charge >= 0.3 is 6.18 Å². The average molecular weight is 207 g/mol. The number of alkyl halides is 3. The molecule has 0 saturated carbocycles. The Kier molecular flexibility index (Phi) is 3.51. The number of aromatic amines is 1. The molecule has 0 unspecified atom stereocenters. The van der Waals surface area contributed by atoms with Crippen LogP contribution in [-0.4, -0.2) is 22.9 Å². The smallest absolute Gasteiger partial charge is 0.312 e. The maximum absolute atomic E-state index is 11.7. The first-order valence-electron chi connectivity index (χ1n) is 4.25. The van der Waals surface area contributed by atoms with Crippen molar-refractivity contribution in [2.75, 3.05) is 6.54 Å². The highest BCUT2D eigenvalue weighted by Gasteiger charge is 2.25. The third-order valence-corrected chi connectivity index (χ3v) is 1.84. The van der Waals surface area contributed by atoms with Gasteiger partial charge in [-0.05, 0) is 6.92 Å². The van der Waals surface area contributed by atoms with E-state index in [2.05, 4.69) is 15.5 Å². The topological polar surface area (TPSA) is 40.7 Å². The van der Waals surface area contributed by atoms with Gasteiger partial charge in [-0.2, -0.15) is 18.3 Å². The molecule has 0 radical (unpaired) electrons. The fraction of sp³-hybridized carbons (Fsp3) is 0.625. The number of aromatic nitrogens is 2. The molecule has 0 bridgehead atoms. The Morgan fingerprint density at radius 1 is 1.50 bits per heavy atom. The molecule has 6 heteroatoms. The molecule has 0 spiro atoms. The Labute approximate surface area is 79.7 Å². The van der Waals surface area contributed by atoms with Crippen LogP contribution in [0.1, 0.15) is 17.7 Å². The Balaban J connectivity index is 2.20. The number of halogens is 3. The predicted molar refractivity (Wildman–Crippen MR) is 45.7 cm³/mol.